The highest BCUT2D eigenvalue weighted by Gasteiger charge is 2.35. The molecule has 0 aliphatic carbocycles. The first-order chi connectivity index (χ1) is 13.3. The van der Waals surface area contributed by atoms with Crippen molar-refractivity contribution in [3.05, 3.63) is 63.8 Å². The molecule has 8 heteroatoms. The molecule has 0 saturated carbocycles. The van der Waals surface area contributed by atoms with Crippen molar-refractivity contribution >= 4 is 32.9 Å². The van der Waals surface area contributed by atoms with E-state index in [0.717, 1.165) is 0 Å². The van der Waals surface area contributed by atoms with E-state index in [-0.39, 0.29) is 36.6 Å². The van der Waals surface area contributed by atoms with Gasteiger partial charge in [-0.05, 0) is 46.6 Å². The zero-order valence-electron chi connectivity index (χ0n) is 14.8. The molecule has 0 N–H and O–H groups in total. The summed E-state index contributed by atoms with van der Waals surface area (Å²) >= 11 is 3.24. The van der Waals surface area contributed by atoms with Gasteiger partial charge in [0.05, 0.1) is 17.5 Å². The zero-order valence-corrected chi connectivity index (χ0v) is 16.4. The Kier molecular flexibility index (Phi) is 5.98. The molecule has 0 bridgehead atoms. The number of fused-ring (bicyclic) bond motifs is 1. The highest BCUT2D eigenvalue weighted by molar-refractivity contribution is 9.10. The first-order valence-electron chi connectivity index (χ1n) is 8.42. The maximum atomic E-state index is 13.2. The minimum atomic E-state index is -4.52. The molecule has 4 nitrogen and oxygen atoms in total. The number of hydrogen-bond donors (Lipinski definition) is 0. The van der Waals surface area contributed by atoms with Gasteiger partial charge in [0.1, 0.15) is 29.8 Å². The van der Waals surface area contributed by atoms with Crippen molar-refractivity contribution in [2.24, 2.45) is 0 Å². The van der Waals surface area contributed by atoms with Crippen LogP contribution in [0.25, 0.3) is 11.0 Å². The minimum absolute atomic E-state index is 0.0247. The normalized spacial score (nSPS) is 11.6. The van der Waals surface area contributed by atoms with Crippen molar-refractivity contribution in [3.8, 4) is 5.75 Å². The summed E-state index contributed by atoms with van der Waals surface area (Å²) in [5, 5.41) is -0.0414. The van der Waals surface area contributed by atoms with Gasteiger partial charge < -0.3 is 13.9 Å². The Bertz CT molecular complexity index is 995. The molecule has 0 aliphatic heterocycles. The standard InChI is InChI=1S/C20H16BrF3O4/c1-2-26-18(25)9-13-5-3-4-6-17(13)27-10-12-7-14-15(20(22,23)24)11-28-19(14)16(21)8-12/h3-8,11H,2,9-10H2,1H3. The van der Waals surface area contributed by atoms with Crippen molar-refractivity contribution in [1.29, 1.82) is 0 Å². The fraction of sp³-hybridized carbons (Fsp3) is 0.250. The molecular weight excluding hydrogens is 441 g/mol. The summed E-state index contributed by atoms with van der Waals surface area (Å²) in [6.07, 6.45) is -3.77. The number of hydrogen-bond acceptors (Lipinski definition) is 4. The summed E-state index contributed by atoms with van der Waals surface area (Å²) in [6, 6.07) is 9.98. The molecule has 0 amide bonds. The second-order valence-electron chi connectivity index (χ2n) is 5.98. The first-order valence-corrected chi connectivity index (χ1v) is 9.22. The molecule has 3 rings (SSSR count). The van der Waals surface area contributed by atoms with Crippen molar-refractivity contribution in [1.82, 2.24) is 0 Å². The molecule has 148 valence electrons. The predicted octanol–water partition coefficient (Wildman–Crippen LogP) is 5.90. The summed E-state index contributed by atoms with van der Waals surface area (Å²) in [7, 11) is 0. The average Bonchev–Trinajstić information content (AvgIpc) is 3.06. The number of carbonyl (C=O) groups excluding carboxylic acids is 1. The van der Waals surface area contributed by atoms with E-state index in [4.69, 9.17) is 13.9 Å². The Morgan fingerprint density at radius 2 is 1.96 bits per heavy atom. The number of carbonyl (C=O) groups is 1. The lowest BCUT2D eigenvalue weighted by molar-refractivity contribution is -0.142. The maximum absolute atomic E-state index is 13.2. The largest absolute Gasteiger partial charge is 0.489 e. The molecule has 1 aromatic heterocycles. The van der Waals surface area contributed by atoms with Gasteiger partial charge in [-0.3, -0.25) is 4.79 Å². The Balaban J connectivity index is 1.84. The van der Waals surface area contributed by atoms with E-state index in [1.54, 1.807) is 37.3 Å². The van der Waals surface area contributed by atoms with Gasteiger partial charge >= 0.3 is 12.1 Å². The summed E-state index contributed by atoms with van der Waals surface area (Å²) in [5.74, 6) is 0.0888. The van der Waals surface area contributed by atoms with Crippen molar-refractivity contribution in [2.45, 2.75) is 26.1 Å². The van der Waals surface area contributed by atoms with Crippen LogP contribution in [0.3, 0.4) is 0 Å². The number of rotatable bonds is 6. The van der Waals surface area contributed by atoms with Crippen LogP contribution in [0.2, 0.25) is 0 Å². The second-order valence-corrected chi connectivity index (χ2v) is 6.83. The Labute approximate surface area is 167 Å². The van der Waals surface area contributed by atoms with Crippen LogP contribution in [0, 0.1) is 0 Å². The van der Waals surface area contributed by atoms with E-state index >= 15 is 0 Å². The lowest BCUT2D eigenvalue weighted by Crippen LogP contribution is -2.09. The lowest BCUT2D eigenvalue weighted by Gasteiger charge is -2.12. The first kappa shape index (κ1) is 20.3. The van der Waals surface area contributed by atoms with E-state index in [0.29, 0.717) is 27.6 Å². The SMILES string of the molecule is CCOC(=O)Cc1ccccc1OCc1cc(Br)c2occ(C(F)(F)F)c2c1. The fourth-order valence-corrected chi connectivity index (χ4v) is 3.37. The molecule has 0 saturated heterocycles. The second kappa shape index (κ2) is 8.26. The van der Waals surface area contributed by atoms with Gasteiger partial charge in [0.2, 0.25) is 0 Å². The summed E-state index contributed by atoms with van der Waals surface area (Å²) in [5.41, 5.74) is 0.448. The Morgan fingerprint density at radius 1 is 1.21 bits per heavy atom. The van der Waals surface area contributed by atoms with Gasteiger partial charge in [-0.25, -0.2) is 0 Å². The van der Waals surface area contributed by atoms with Crippen molar-refractivity contribution < 1.29 is 31.9 Å². The third kappa shape index (κ3) is 4.49. The minimum Gasteiger partial charge on any atom is -0.489 e. The molecule has 28 heavy (non-hydrogen) atoms. The topological polar surface area (TPSA) is 48.7 Å². The van der Waals surface area contributed by atoms with Gasteiger partial charge in [-0.15, -0.1) is 0 Å². The van der Waals surface area contributed by atoms with Crippen molar-refractivity contribution in [3.63, 3.8) is 0 Å². The third-order valence-electron chi connectivity index (χ3n) is 4.00. The van der Waals surface area contributed by atoms with Gasteiger partial charge in [0.25, 0.3) is 0 Å². The number of furan rings is 1. The molecule has 0 unspecified atom stereocenters. The predicted molar refractivity (Wildman–Crippen MR) is 100 cm³/mol. The molecule has 2 aromatic carbocycles. The highest BCUT2D eigenvalue weighted by atomic mass is 79.9. The smallest absolute Gasteiger partial charge is 0.420 e. The van der Waals surface area contributed by atoms with E-state index in [1.807, 2.05) is 0 Å². The van der Waals surface area contributed by atoms with Gasteiger partial charge in [-0.1, -0.05) is 18.2 Å². The number of ether oxygens (including phenoxy) is 2. The number of para-hydroxylation sites is 1. The monoisotopic (exact) mass is 456 g/mol. The molecule has 3 aromatic rings. The Hall–Kier alpha value is -2.48. The van der Waals surface area contributed by atoms with E-state index in [9.17, 15) is 18.0 Å². The molecule has 0 radical (unpaired) electrons. The number of alkyl halides is 3. The molecule has 0 aliphatic rings. The molecule has 0 fully saturated rings. The average molecular weight is 457 g/mol. The van der Waals surface area contributed by atoms with E-state index < -0.39 is 11.7 Å². The summed E-state index contributed by atoms with van der Waals surface area (Å²) in [4.78, 5) is 11.7. The van der Waals surface area contributed by atoms with Crippen LogP contribution in [-0.4, -0.2) is 12.6 Å². The fourth-order valence-electron chi connectivity index (χ4n) is 2.77. The van der Waals surface area contributed by atoms with Crippen LogP contribution in [0.1, 0.15) is 23.6 Å². The van der Waals surface area contributed by atoms with Crippen LogP contribution >= 0.6 is 15.9 Å². The summed E-state index contributed by atoms with van der Waals surface area (Å²) in [6.45, 7) is 2.03. The van der Waals surface area contributed by atoms with E-state index in [2.05, 4.69) is 15.9 Å². The number of halogens is 4. The van der Waals surface area contributed by atoms with Gasteiger partial charge in [-0.2, -0.15) is 13.2 Å². The zero-order chi connectivity index (χ0) is 20.3. The van der Waals surface area contributed by atoms with Crippen LogP contribution in [0.15, 0.2) is 51.6 Å². The van der Waals surface area contributed by atoms with E-state index in [1.165, 1.54) is 6.07 Å². The van der Waals surface area contributed by atoms with Crippen LogP contribution in [0.5, 0.6) is 5.75 Å². The Morgan fingerprint density at radius 3 is 2.68 bits per heavy atom. The molecular formula is C20H16BrF3O4. The van der Waals surface area contributed by atoms with Crippen molar-refractivity contribution in [2.75, 3.05) is 6.61 Å². The van der Waals surface area contributed by atoms with Gasteiger partial charge in [0.15, 0.2) is 0 Å². The lowest BCUT2D eigenvalue weighted by atomic mass is 10.1. The maximum Gasteiger partial charge on any atom is 0.420 e. The third-order valence-corrected chi connectivity index (χ3v) is 4.59. The highest BCUT2D eigenvalue weighted by Crippen LogP contribution is 2.39. The summed E-state index contributed by atoms with van der Waals surface area (Å²) < 4.78 is 55.6. The van der Waals surface area contributed by atoms with Crippen LogP contribution < -0.4 is 4.74 Å². The van der Waals surface area contributed by atoms with Crippen LogP contribution in [0.4, 0.5) is 13.2 Å². The molecule has 1 heterocycles. The van der Waals surface area contributed by atoms with Gasteiger partial charge in [0, 0.05) is 10.9 Å². The molecule has 0 spiro atoms. The molecule has 0 atom stereocenters. The number of esters is 1. The quantitative estimate of drug-likeness (QED) is 0.433. The van der Waals surface area contributed by atoms with Crippen LogP contribution in [-0.2, 0) is 28.7 Å². The number of benzene rings is 2.